The Morgan fingerprint density at radius 1 is 1.15 bits per heavy atom. The first-order valence-electron chi connectivity index (χ1n) is 8.72. The van der Waals surface area contributed by atoms with Gasteiger partial charge in [-0.2, -0.15) is 0 Å². The molecule has 3 N–H and O–H groups in total. The third-order valence-electron chi connectivity index (χ3n) is 3.44. The van der Waals surface area contributed by atoms with Crippen molar-refractivity contribution in [3.05, 3.63) is 22.7 Å². The average molecular weight is 387 g/mol. The van der Waals surface area contributed by atoms with Crippen molar-refractivity contribution in [2.45, 2.75) is 59.2 Å². The van der Waals surface area contributed by atoms with E-state index in [0.717, 1.165) is 5.56 Å². The first-order valence-corrected chi connectivity index (χ1v) is 9.10. The maximum absolute atomic E-state index is 12.0. The van der Waals surface area contributed by atoms with Crippen molar-refractivity contribution < 1.29 is 19.4 Å². The van der Waals surface area contributed by atoms with E-state index in [9.17, 15) is 9.90 Å². The third kappa shape index (κ3) is 7.81. The van der Waals surface area contributed by atoms with Crippen LogP contribution in [0.25, 0.3) is 0 Å². The van der Waals surface area contributed by atoms with Crippen molar-refractivity contribution in [3.8, 4) is 11.5 Å². The molecule has 0 radical (unpaired) electrons. The lowest BCUT2D eigenvalue weighted by atomic mass is 10.1. The van der Waals surface area contributed by atoms with Crippen molar-refractivity contribution in [3.63, 3.8) is 0 Å². The molecule has 0 aliphatic heterocycles. The molecule has 148 valence electrons. The Labute approximate surface area is 161 Å². The molecule has 0 saturated carbocycles. The number of nitrogens with one attached hydrogen (secondary N) is 2. The highest BCUT2D eigenvalue weighted by Crippen LogP contribution is 2.34. The van der Waals surface area contributed by atoms with Gasteiger partial charge in [0.25, 0.3) is 5.91 Å². The van der Waals surface area contributed by atoms with E-state index in [2.05, 4.69) is 10.6 Å². The summed E-state index contributed by atoms with van der Waals surface area (Å²) in [7, 11) is 0. The lowest BCUT2D eigenvalue weighted by molar-refractivity contribution is -0.124. The quantitative estimate of drug-likeness (QED) is 0.608. The van der Waals surface area contributed by atoms with E-state index in [1.165, 1.54) is 0 Å². The Morgan fingerprint density at radius 3 is 2.31 bits per heavy atom. The molecule has 1 rings (SSSR count). The van der Waals surface area contributed by atoms with E-state index in [0.29, 0.717) is 29.7 Å². The zero-order valence-corrected chi connectivity index (χ0v) is 17.3. The lowest BCUT2D eigenvalue weighted by Crippen LogP contribution is -2.43. The van der Waals surface area contributed by atoms with Gasteiger partial charge in [0, 0.05) is 28.7 Å². The number of halogens is 1. The fourth-order valence-electron chi connectivity index (χ4n) is 2.08. The van der Waals surface area contributed by atoms with E-state index < -0.39 is 5.54 Å². The number of aliphatic hydroxyl groups excluding tert-OH is 1. The third-order valence-corrected chi connectivity index (χ3v) is 3.79. The molecule has 0 aliphatic carbocycles. The van der Waals surface area contributed by atoms with Crippen molar-refractivity contribution in [2.75, 3.05) is 19.8 Å². The molecule has 0 spiro atoms. The van der Waals surface area contributed by atoms with Crippen LogP contribution >= 0.6 is 11.6 Å². The predicted molar refractivity (Wildman–Crippen MR) is 104 cm³/mol. The Bertz CT molecular complexity index is 612. The Hall–Kier alpha value is -1.50. The Kier molecular flexibility index (Phi) is 8.18. The number of amides is 1. The highest BCUT2D eigenvalue weighted by Gasteiger charge is 2.19. The molecular formula is C19H31ClN2O4. The van der Waals surface area contributed by atoms with Gasteiger partial charge >= 0.3 is 0 Å². The molecule has 0 aliphatic rings. The first-order chi connectivity index (χ1) is 12.0. The summed E-state index contributed by atoms with van der Waals surface area (Å²) < 4.78 is 11.2. The highest BCUT2D eigenvalue weighted by molar-refractivity contribution is 6.31. The minimum absolute atomic E-state index is 0.00696. The van der Waals surface area contributed by atoms with Crippen LogP contribution in [-0.4, -0.2) is 41.9 Å². The van der Waals surface area contributed by atoms with Gasteiger partial charge in [-0.1, -0.05) is 11.6 Å². The maximum atomic E-state index is 12.0. The van der Waals surface area contributed by atoms with Crippen LogP contribution in [0.2, 0.25) is 5.02 Å². The lowest BCUT2D eigenvalue weighted by Gasteiger charge is -2.24. The van der Waals surface area contributed by atoms with E-state index in [-0.39, 0.29) is 24.7 Å². The number of carbonyl (C=O) groups excluding carboxylic acids is 1. The molecule has 0 heterocycles. The summed E-state index contributed by atoms with van der Waals surface area (Å²) in [5.41, 5.74) is 0.0775. The summed E-state index contributed by atoms with van der Waals surface area (Å²) in [5.74, 6) is 0.733. The van der Waals surface area contributed by atoms with Gasteiger partial charge in [-0.3, -0.25) is 4.79 Å². The smallest absolute Gasteiger partial charge is 0.258 e. The number of rotatable bonds is 9. The van der Waals surface area contributed by atoms with Crippen LogP contribution < -0.4 is 20.1 Å². The number of ether oxygens (including phenoxy) is 2. The molecule has 0 unspecified atom stereocenters. The second-order valence-corrected chi connectivity index (χ2v) is 8.21. The summed E-state index contributed by atoms with van der Waals surface area (Å²) in [5, 5.41) is 15.9. The summed E-state index contributed by atoms with van der Waals surface area (Å²) in [6.45, 7) is 12.2. The van der Waals surface area contributed by atoms with E-state index >= 15 is 0 Å². The van der Waals surface area contributed by atoms with Crippen LogP contribution in [0, 0.1) is 0 Å². The molecule has 0 fully saturated rings. The monoisotopic (exact) mass is 386 g/mol. The van der Waals surface area contributed by atoms with E-state index in [4.69, 9.17) is 21.1 Å². The minimum Gasteiger partial charge on any atom is -0.490 e. The number of hydrogen-bond acceptors (Lipinski definition) is 5. The molecule has 6 nitrogen and oxygen atoms in total. The second-order valence-electron chi connectivity index (χ2n) is 7.81. The van der Waals surface area contributed by atoms with Crippen molar-refractivity contribution in [2.24, 2.45) is 0 Å². The van der Waals surface area contributed by atoms with Crippen LogP contribution in [0.5, 0.6) is 11.5 Å². The highest BCUT2D eigenvalue weighted by atomic mass is 35.5. The van der Waals surface area contributed by atoms with Crippen LogP contribution in [0.15, 0.2) is 12.1 Å². The SMILES string of the molecule is CCOc1cc(CNC(C)(C)CO)c(Cl)cc1OCC(=O)NC(C)(C)C. The fraction of sp³-hybridized carbons (Fsp3) is 0.632. The summed E-state index contributed by atoms with van der Waals surface area (Å²) in [4.78, 5) is 12.0. The van der Waals surface area contributed by atoms with Crippen molar-refractivity contribution in [1.82, 2.24) is 10.6 Å². The summed E-state index contributed by atoms with van der Waals surface area (Å²) >= 11 is 6.36. The molecule has 7 heteroatoms. The molecule has 1 aromatic rings. The zero-order chi connectivity index (χ0) is 20.0. The molecular weight excluding hydrogens is 356 g/mol. The van der Waals surface area contributed by atoms with Gasteiger partial charge in [-0.15, -0.1) is 0 Å². The van der Waals surface area contributed by atoms with Gasteiger partial charge in [-0.25, -0.2) is 0 Å². The number of carbonyl (C=O) groups is 1. The van der Waals surface area contributed by atoms with Gasteiger partial charge in [-0.05, 0) is 53.2 Å². The van der Waals surface area contributed by atoms with Gasteiger partial charge < -0.3 is 25.2 Å². The van der Waals surface area contributed by atoms with Crippen molar-refractivity contribution in [1.29, 1.82) is 0 Å². The van der Waals surface area contributed by atoms with Gasteiger partial charge in [0.05, 0.1) is 13.2 Å². The van der Waals surface area contributed by atoms with E-state index in [1.54, 1.807) is 12.1 Å². The van der Waals surface area contributed by atoms with Crippen LogP contribution in [0.4, 0.5) is 0 Å². The normalized spacial score (nSPS) is 12.0. The molecule has 0 bridgehead atoms. The molecule has 0 saturated heterocycles. The van der Waals surface area contributed by atoms with Gasteiger partial charge in [0.1, 0.15) is 0 Å². The first kappa shape index (κ1) is 22.5. The largest absolute Gasteiger partial charge is 0.490 e. The molecule has 1 amide bonds. The van der Waals surface area contributed by atoms with Crippen molar-refractivity contribution >= 4 is 17.5 Å². The van der Waals surface area contributed by atoms with Crippen LogP contribution in [0.3, 0.4) is 0 Å². The molecule has 0 aromatic heterocycles. The fourth-order valence-corrected chi connectivity index (χ4v) is 2.30. The summed E-state index contributed by atoms with van der Waals surface area (Å²) in [6.07, 6.45) is 0. The van der Waals surface area contributed by atoms with Crippen LogP contribution in [0.1, 0.15) is 47.1 Å². The predicted octanol–water partition coefficient (Wildman–Crippen LogP) is 2.89. The number of benzene rings is 1. The minimum atomic E-state index is -0.421. The number of hydrogen-bond donors (Lipinski definition) is 3. The Morgan fingerprint density at radius 2 is 1.77 bits per heavy atom. The van der Waals surface area contributed by atoms with E-state index in [1.807, 2.05) is 41.5 Å². The zero-order valence-electron chi connectivity index (χ0n) is 16.5. The van der Waals surface area contributed by atoms with Gasteiger partial charge in [0.15, 0.2) is 18.1 Å². The molecule has 1 aromatic carbocycles. The number of aliphatic hydroxyl groups is 1. The van der Waals surface area contributed by atoms with Crippen LogP contribution in [-0.2, 0) is 11.3 Å². The maximum Gasteiger partial charge on any atom is 0.258 e. The van der Waals surface area contributed by atoms with Gasteiger partial charge in [0.2, 0.25) is 0 Å². The average Bonchev–Trinajstić information content (AvgIpc) is 2.52. The molecule has 0 atom stereocenters. The second kappa shape index (κ2) is 9.44. The topological polar surface area (TPSA) is 79.8 Å². The molecule has 26 heavy (non-hydrogen) atoms. The Balaban J connectivity index is 2.89. The standard InChI is InChI=1S/C19H31ClN2O4/c1-7-25-15-8-13(10-21-19(5,6)12-23)14(20)9-16(15)26-11-17(24)22-18(2,3)4/h8-9,21,23H,7,10-12H2,1-6H3,(H,22,24). The summed E-state index contributed by atoms with van der Waals surface area (Å²) in [6, 6.07) is 3.45.